The first-order valence-electron chi connectivity index (χ1n) is 7.25. The van der Waals surface area contributed by atoms with Crippen LogP contribution in [-0.4, -0.2) is 35.9 Å². The third kappa shape index (κ3) is 3.13. The van der Waals surface area contributed by atoms with Crippen LogP contribution in [0.4, 0.5) is 5.95 Å². The largest absolute Gasteiger partial charge is 0.493 e. The van der Waals surface area contributed by atoms with Gasteiger partial charge in [0.1, 0.15) is 10.3 Å². The maximum atomic E-state index is 5.77. The quantitative estimate of drug-likeness (QED) is 0.572. The van der Waals surface area contributed by atoms with Crippen molar-refractivity contribution in [3.05, 3.63) is 33.0 Å². The molecule has 2 N–H and O–H groups in total. The Morgan fingerprint density at radius 1 is 1.08 bits per heavy atom. The molecule has 0 saturated carbocycles. The highest BCUT2D eigenvalue weighted by Gasteiger charge is 2.20. The molecule has 7 nitrogen and oxygen atoms in total. The van der Waals surface area contributed by atoms with Crippen LogP contribution in [0.1, 0.15) is 5.56 Å². The number of rotatable bonds is 5. The molecule has 0 spiro atoms. The summed E-state index contributed by atoms with van der Waals surface area (Å²) in [7, 11) is 4.75. The lowest BCUT2D eigenvalue weighted by Gasteiger charge is -2.17. The summed E-state index contributed by atoms with van der Waals surface area (Å²) in [4.78, 5) is 8.46. The molecule has 3 rings (SSSR count). The predicted molar refractivity (Wildman–Crippen MR) is 103 cm³/mol. The van der Waals surface area contributed by atoms with E-state index in [2.05, 4.69) is 41.8 Å². The monoisotopic (exact) mass is 470 g/mol. The predicted octanol–water partition coefficient (Wildman–Crippen LogP) is 3.61. The second kappa shape index (κ2) is 7.09. The van der Waals surface area contributed by atoms with Crippen molar-refractivity contribution in [2.45, 2.75) is 6.54 Å². The number of nitrogens with zero attached hydrogens (tertiary/aromatic N) is 3. The third-order valence-electron chi connectivity index (χ3n) is 3.77. The number of nitrogen functional groups attached to an aromatic ring is 1. The zero-order valence-corrected chi connectivity index (χ0v) is 17.0. The second-order valence-corrected chi connectivity index (χ2v) is 6.72. The van der Waals surface area contributed by atoms with Crippen LogP contribution in [0.15, 0.2) is 27.4 Å². The van der Waals surface area contributed by atoms with Gasteiger partial charge >= 0.3 is 0 Å². The molecule has 0 aliphatic carbocycles. The summed E-state index contributed by atoms with van der Waals surface area (Å²) in [6, 6.07) is 3.83. The van der Waals surface area contributed by atoms with Crippen molar-refractivity contribution >= 4 is 48.8 Å². The average Bonchev–Trinajstić information content (AvgIpc) is 2.99. The van der Waals surface area contributed by atoms with E-state index in [1.165, 1.54) is 0 Å². The van der Waals surface area contributed by atoms with Gasteiger partial charge in [-0.2, -0.15) is 4.98 Å². The molecule has 9 heteroatoms. The summed E-state index contributed by atoms with van der Waals surface area (Å²) in [5.41, 5.74) is 7.45. The molecule has 0 radical (unpaired) electrons. The highest BCUT2D eigenvalue weighted by molar-refractivity contribution is 9.11. The number of nitrogens with two attached hydrogens (primary N) is 1. The van der Waals surface area contributed by atoms with Crippen molar-refractivity contribution in [3.63, 3.8) is 0 Å². The van der Waals surface area contributed by atoms with Gasteiger partial charge in [-0.15, -0.1) is 0 Å². The molecule has 1 aromatic carbocycles. The number of hydrogen-bond acceptors (Lipinski definition) is 6. The van der Waals surface area contributed by atoms with Crippen molar-refractivity contribution in [1.29, 1.82) is 0 Å². The Morgan fingerprint density at radius 2 is 1.80 bits per heavy atom. The number of ether oxygens (including phenoxy) is 3. The van der Waals surface area contributed by atoms with E-state index in [1.807, 2.05) is 22.9 Å². The molecule has 0 bridgehead atoms. The zero-order chi connectivity index (χ0) is 18.1. The molecule has 0 saturated heterocycles. The normalized spacial score (nSPS) is 10.9. The van der Waals surface area contributed by atoms with E-state index < -0.39 is 0 Å². The Labute approximate surface area is 161 Å². The van der Waals surface area contributed by atoms with Crippen molar-refractivity contribution < 1.29 is 14.2 Å². The standard InChI is InChI=1S/C16H16Br2N4O3/c1-23-10-6-8(11(17)13(25-3)12(10)24-2)7-22-5-4-9-14(18)20-16(19)21-15(9)22/h4-6H,7H2,1-3H3,(H2,19,20,21). The van der Waals surface area contributed by atoms with Gasteiger partial charge in [0, 0.05) is 6.20 Å². The lowest BCUT2D eigenvalue weighted by atomic mass is 10.1. The first-order valence-corrected chi connectivity index (χ1v) is 8.84. The number of methoxy groups -OCH3 is 3. The number of fused-ring (bicyclic) bond motifs is 1. The van der Waals surface area contributed by atoms with Crippen molar-refractivity contribution in [2.24, 2.45) is 0 Å². The first kappa shape index (κ1) is 17.8. The molecule has 2 heterocycles. The summed E-state index contributed by atoms with van der Waals surface area (Å²) < 4.78 is 19.7. The zero-order valence-electron chi connectivity index (χ0n) is 13.8. The van der Waals surface area contributed by atoms with Crippen LogP contribution in [0.2, 0.25) is 0 Å². The van der Waals surface area contributed by atoms with Gasteiger partial charge in [-0.25, -0.2) is 4.98 Å². The lowest BCUT2D eigenvalue weighted by molar-refractivity contribution is 0.322. The van der Waals surface area contributed by atoms with E-state index >= 15 is 0 Å². The van der Waals surface area contributed by atoms with Gasteiger partial charge in [0.25, 0.3) is 0 Å². The van der Waals surface area contributed by atoms with Gasteiger partial charge in [-0.05, 0) is 49.6 Å². The van der Waals surface area contributed by atoms with Gasteiger partial charge in [-0.1, -0.05) is 0 Å². The smallest absolute Gasteiger partial charge is 0.223 e. The summed E-state index contributed by atoms with van der Waals surface area (Å²) >= 11 is 7.01. The van der Waals surface area contributed by atoms with Gasteiger partial charge in [0.15, 0.2) is 11.5 Å². The Morgan fingerprint density at radius 3 is 2.44 bits per heavy atom. The van der Waals surface area contributed by atoms with Gasteiger partial charge in [-0.3, -0.25) is 0 Å². The summed E-state index contributed by atoms with van der Waals surface area (Å²) in [5.74, 6) is 1.91. The van der Waals surface area contributed by atoms with Crippen LogP contribution in [0.25, 0.3) is 11.0 Å². The Bertz CT molecular complexity index is 943. The minimum absolute atomic E-state index is 0.211. The molecule has 0 fully saturated rings. The van der Waals surface area contributed by atoms with Crippen molar-refractivity contribution in [1.82, 2.24) is 14.5 Å². The van der Waals surface area contributed by atoms with Crippen LogP contribution in [0, 0.1) is 0 Å². The number of benzene rings is 1. The van der Waals surface area contributed by atoms with E-state index in [1.54, 1.807) is 21.3 Å². The fourth-order valence-electron chi connectivity index (χ4n) is 2.64. The molecule has 0 aliphatic rings. The minimum Gasteiger partial charge on any atom is -0.493 e. The van der Waals surface area contributed by atoms with E-state index in [-0.39, 0.29) is 5.95 Å². The number of halogens is 2. The molecule has 0 aliphatic heterocycles. The fraction of sp³-hybridized carbons (Fsp3) is 0.250. The van der Waals surface area contributed by atoms with E-state index in [0.717, 1.165) is 21.1 Å². The first-order chi connectivity index (χ1) is 12.0. The molecular formula is C16H16Br2N4O3. The maximum Gasteiger partial charge on any atom is 0.223 e. The fourth-order valence-corrected chi connectivity index (χ4v) is 3.71. The highest BCUT2D eigenvalue weighted by Crippen LogP contribution is 2.45. The van der Waals surface area contributed by atoms with E-state index in [4.69, 9.17) is 19.9 Å². The Balaban J connectivity index is 2.12. The second-order valence-electron chi connectivity index (χ2n) is 5.17. The lowest BCUT2D eigenvalue weighted by Crippen LogP contribution is -2.05. The van der Waals surface area contributed by atoms with Crippen molar-refractivity contribution in [3.8, 4) is 17.2 Å². The van der Waals surface area contributed by atoms with Crippen LogP contribution in [0.5, 0.6) is 17.2 Å². The number of hydrogen-bond donors (Lipinski definition) is 1. The molecule has 0 unspecified atom stereocenters. The van der Waals surface area contributed by atoms with Gasteiger partial charge in [0.2, 0.25) is 11.7 Å². The SMILES string of the molecule is COc1cc(Cn2ccc3c(Br)nc(N)nc32)c(Br)c(OC)c1OC. The topological polar surface area (TPSA) is 84.4 Å². The summed E-state index contributed by atoms with van der Waals surface area (Å²) in [6.45, 7) is 0.531. The maximum absolute atomic E-state index is 5.77. The van der Waals surface area contributed by atoms with E-state index in [0.29, 0.717) is 28.4 Å². The molecule has 132 valence electrons. The molecule has 0 atom stereocenters. The molecular weight excluding hydrogens is 456 g/mol. The molecule has 3 aromatic rings. The molecule has 2 aromatic heterocycles. The summed E-state index contributed by atoms with van der Waals surface area (Å²) in [6.07, 6.45) is 1.93. The summed E-state index contributed by atoms with van der Waals surface area (Å²) in [5, 5.41) is 0.887. The molecule has 25 heavy (non-hydrogen) atoms. The Kier molecular flexibility index (Phi) is 5.05. The van der Waals surface area contributed by atoms with E-state index in [9.17, 15) is 0 Å². The average molecular weight is 472 g/mol. The Hall–Kier alpha value is -2.00. The third-order valence-corrected chi connectivity index (χ3v) is 5.25. The van der Waals surface area contributed by atoms with Crippen LogP contribution >= 0.6 is 31.9 Å². The van der Waals surface area contributed by atoms with Gasteiger partial charge in [0.05, 0.1) is 37.7 Å². The molecule has 0 amide bonds. The number of aromatic nitrogens is 3. The van der Waals surface area contributed by atoms with Crippen LogP contribution in [0.3, 0.4) is 0 Å². The minimum atomic E-state index is 0.211. The number of anilines is 1. The van der Waals surface area contributed by atoms with Crippen molar-refractivity contribution in [2.75, 3.05) is 27.1 Å². The highest BCUT2D eigenvalue weighted by atomic mass is 79.9. The van der Waals surface area contributed by atoms with Crippen LogP contribution in [-0.2, 0) is 6.54 Å². The van der Waals surface area contributed by atoms with Gasteiger partial charge < -0.3 is 24.5 Å². The van der Waals surface area contributed by atoms with Crippen LogP contribution < -0.4 is 19.9 Å².